The van der Waals surface area contributed by atoms with Crippen molar-refractivity contribution in [1.29, 1.82) is 0 Å². The van der Waals surface area contributed by atoms with Crippen LogP contribution in [0.25, 0.3) is 0 Å². The first kappa shape index (κ1) is 29.4. The summed E-state index contributed by atoms with van der Waals surface area (Å²) in [6.07, 6.45) is 4.42. The fraction of sp³-hybridized carbons (Fsp3) is 0.419. The molecule has 0 saturated carbocycles. The highest BCUT2D eigenvalue weighted by molar-refractivity contribution is 7.89. The van der Waals surface area contributed by atoms with Gasteiger partial charge in [-0.2, -0.15) is 0 Å². The molecule has 10 heteroatoms. The van der Waals surface area contributed by atoms with Gasteiger partial charge in [0.15, 0.2) is 0 Å². The number of rotatable bonds is 10. The number of nitrogens with zero attached hydrogens (tertiary/aromatic N) is 3. The summed E-state index contributed by atoms with van der Waals surface area (Å²) < 4.78 is 27.1. The molecule has 5 rings (SSSR count). The van der Waals surface area contributed by atoms with Gasteiger partial charge < -0.3 is 10.2 Å². The predicted octanol–water partition coefficient (Wildman–Crippen LogP) is 5.22. The van der Waals surface area contributed by atoms with E-state index < -0.39 is 10.0 Å². The summed E-state index contributed by atoms with van der Waals surface area (Å²) in [5, 5.41) is 3.59. The lowest BCUT2D eigenvalue weighted by Crippen LogP contribution is -2.32. The van der Waals surface area contributed by atoms with Crippen LogP contribution < -0.4 is 5.32 Å². The van der Waals surface area contributed by atoms with E-state index in [1.807, 2.05) is 30.0 Å². The average molecular weight is 595 g/mol. The van der Waals surface area contributed by atoms with Crippen LogP contribution in [0.5, 0.6) is 0 Å². The number of carbonyl (C=O) groups excluding carboxylic acids is 2. The Morgan fingerprint density at radius 3 is 2.39 bits per heavy atom. The number of unbranched alkanes of at least 4 members (excludes halogenated alkanes) is 1. The van der Waals surface area contributed by atoms with Crippen LogP contribution in [0.4, 0.5) is 5.00 Å². The van der Waals surface area contributed by atoms with Gasteiger partial charge in [-0.15, -0.1) is 11.3 Å². The Bertz CT molecular complexity index is 1480. The number of carbonyl (C=O) groups is 2. The molecule has 0 atom stereocenters. The number of likely N-dealkylation sites (tertiary alicyclic amines) is 1. The molecule has 3 heterocycles. The van der Waals surface area contributed by atoms with Crippen molar-refractivity contribution in [3.8, 4) is 0 Å². The van der Waals surface area contributed by atoms with E-state index in [-0.39, 0.29) is 16.7 Å². The van der Waals surface area contributed by atoms with Crippen molar-refractivity contribution in [3.63, 3.8) is 0 Å². The Balaban J connectivity index is 1.37. The van der Waals surface area contributed by atoms with Crippen LogP contribution in [-0.2, 0) is 29.5 Å². The summed E-state index contributed by atoms with van der Waals surface area (Å²) >= 11 is 1.48. The first-order chi connectivity index (χ1) is 19.8. The van der Waals surface area contributed by atoms with Crippen LogP contribution in [0, 0.1) is 0 Å². The summed E-state index contributed by atoms with van der Waals surface area (Å²) in [5.74, 6) is -0.369. The highest BCUT2D eigenvalue weighted by atomic mass is 32.2. The van der Waals surface area contributed by atoms with Crippen LogP contribution in [-0.4, -0.2) is 67.6 Å². The molecule has 1 aromatic heterocycles. The van der Waals surface area contributed by atoms with E-state index in [1.54, 1.807) is 7.05 Å². The lowest BCUT2D eigenvalue weighted by atomic mass is 10.0. The first-order valence-corrected chi connectivity index (χ1v) is 16.6. The third kappa shape index (κ3) is 6.56. The molecule has 2 amide bonds. The summed E-state index contributed by atoms with van der Waals surface area (Å²) in [5.41, 5.74) is 3.26. The van der Waals surface area contributed by atoms with Gasteiger partial charge in [0.25, 0.3) is 11.8 Å². The van der Waals surface area contributed by atoms with E-state index in [1.165, 1.54) is 45.5 Å². The molecule has 0 bridgehead atoms. The Hall–Kier alpha value is -3.05. The first-order valence-electron chi connectivity index (χ1n) is 14.4. The Morgan fingerprint density at radius 2 is 1.71 bits per heavy atom. The SMILES string of the molecule is CCCCN(C)S(=O)(=O)c1ccc(C(=O)Nc2sc3c(c2C(=O)N2CCCC2)CCN(Cc2ccccc2)C3)cc1. The normalized spacial score (nSPS) is 15.7. The van der Waals surface area contributed by atoms with Crippen molar-refractivity contribution >= 4 is 38.2 Å². The maximum absolute atomic E-state index is 13.7. The molecule has 2 aliphatic heterocycles. The molecule has 0 unspecified atom stereocenters. The van der Waals surface area contributed by atoms with Gasteiger partial charge in [0.1, 0.15) is 5.00 Å². The molecule has 41 heavy (non-hydrogen) atoms. The molecular weight excluding hydrogens is 556 g/mol. The summed E-state index contributed by atoms with van der Waals surface area (Å²) in [4.78, 5) is 32.6. The van der Waals surface area contributed by atoms with Crippen LogP contribution in [0.15, 0.2) is 59.5 Å². The van der Waals surface area contributed by atoms with E-state index in [9.17, 15) is 18.0 Å². The number of sulfonamides is 1. The van der Waals surface area contributed by atoms with E-state index in [4.69, 9.17) is 0 Å². The lowest BCUT2D eigenvalue weighted by molar-refractivity contribution is 0.0792. The minimum absolute atomic E-state index is 0.0108. The minimum atomic E-state index is -3.62. The van der Waals surface area contributed by atoms with E-state index in [0.717, 1.165) is 75.3 Å². The number of thiophene rings is 1. The fourth-order valence-electron chi connectivity index (χ4n) is 5.46. The van der Waals surface area contributed by atoms with Gasteiger partial charge in [0.05, 0.1) is 10.5 Å². The molecule has 0 radical (unpaired) electrons. The van der Waals surface area contributed by atoms with Gasteiger partial charge in [-0.1, -0.05) is 43.7 Å². The highest BCUT2D eigenvalue weighted by Gasteiger charge is 2.32. The number of fused-ring (bicyclic) bond motifs is 1. The molecule has 2 aromatic carbocycles. The zero-order valence-electron chi connectivity index (χ0n) is 23.8. The van der Waals surface area contributed by atoms with Crippen LogP contribution >= 0.6 is 11.3 Å². The van der Waals surface area contributed by atoms with Gasteiger partial charge >= 0.3 is 0 Å². The Labute approximate surface area is 247 Å². The van der Waals surface area contributed by atoms with Crippen molar-refractivity contribution in [2.45, 2.75) is 57.0 Å². The smallest absolute Gasteiger partial charge is 0.257 e. The van der Waals surface area contributed by atoms with Gasteiger partial charge in [0, 0.05) is 56.8 Å². The Kier molecular flexibility index (Phi) is 9.23. The molecule has 0 spiro atoms. The van der Waals surface area contributed by atoms with E-state index in [0.29, 0.717) is 22.7 Å². The Morgan fingerprint density at radius 1 is 1.00 bits per heavy atom. The van der Waals surface area contributed by atoms with Crippen molar-refractivity contribution in [1.82, 2.24) is 14.1 Å². The molecule has 1 saturated heterocycles. The fourth-order valence-corrected chi connectivity index (χ4v) is 7.95. The summed E-state index contributed by atoms with van der Waals surface area (Å²) in [7, 11) is -2.05. The average Bonchev–Trinajstić information content (AvgIpc) is 3.64. The summed E-state index contributed by atoms with van der Waals surface area (Å²) in [6, 6.07) is 16.4. The largest absolute Gasteiger partial charge is 0.339 e. The molecule has 2 aliphatic rings. The quantitative estimate of drug-likeness (QED) is 0.348. The van der Waals surface area contributed by atoms with Crippen LogP contribution in [0.3, 0.4) is 0 Å². The number of anilines is 1. The zero-order valence-corrected chi connectivity index (χ0v) is 25.4. The maximum atomic E-state index is 13.7. The van der Waals surface area contributed by atoms with Crippen molar-refractivity contribution in [2.75, 3.05) is 38.5 Å². The van der Waals surface area contributed by atoms with Crippen molar-refractivity contribution in [2.24, 2.45) is 0 Å². The van der Waals surface area contributed by atoms with Gasteiger partial charge in [0.2, 0.25) is 10.0 Å². The molecule has 0 aliphatic carbocycles. The molecule has 1 N–H and O–H groups in total. The standard InChI is InChI=1S/C31H38N4O4S2/c1-3-4-17-33(2)41(38,39)25-14-12-24(13-15-25)29(36)32-30-28(31(37)35-18-8-9-19-35)26-16-20-34(22-27(26)40-30)21-23-10-6-5-7-11-23/h5-7,10-15H,3-4,8-9,16-22H2,1-2H3,(H,32,36). The summed E-state index contributed by atoms with van der Waals surface area (Å²) in [6.45, 7) is 6.33. The number of hydrogen-bond donors (Lipinski definition) is 1. The van der Waals surface area contributed by atoms with E-state index in [2.05, 4.69) is 22.3 Å². The van der Waals surface area contributed by atoms with Crippen LogP contribution in [0.1, 0.15) is 69.3 Å². The molecule has 218 valence electrons. The van der Waals surface area contributed by atoms with Crippen LogP contribution in [0.2, 0.25) is 0 Å². The van der Waals surface area contributed by atoms with Crippen molar-refractivity contribution < 1.29 is 18.0 Å². The van der Waals surface area contributed by atoms with E-state index >= 15 is 0 Å². The molecule has 3 aromatic rings. The third-order valence-electron chi connectivity index (χ3n) is 7.87. The number of benzene rings is 2. The second-order valence-electron chi connectivity index (χ2n) is 10.8. The highest BCUT2D eigenvalue weighted by Crippen LogP contribution is 2.39. The lowest BCUT2D eigenvalue weighted by Gasteiger charge is -2.27. The second kappa shape index (κ2) is 12.9. The van der Waals surface area contributed by atoms with Crippen molar-refractivity contribution in [3.05, 3.63) is 81.7 Å². The maximum Gasteiger partial charge on any atom is 0.257 e. The number of nitrogens with one attached hydrogen (secondary N) is 1. The molecular formula is C31H38N4O4S2. The molecule has 8 nitrogen and oxygen atoms in total. The number of hydrogen-bond acceptors (Lipinski definition) is 6. The number of amides is 2. The third-order valence-corrected chi connectivity index (χ3v) is 10.9. The predicted molar refractivity (Wildman–Crippen MR) is 163 cm³/mol. The van der Waals surface area contributed by atoms with Gasteiger partial charge in [-0.05, 0) is 61.1 Å². The second-order valence-corrected chi connectivity index (χ2v) is 14.0. The molecule has 1 fully saturated rings. The van der Waals surface area contributed by atoms with Gasteiger partial charge in [-0.25, -0.2) is 12.7 Å². The topological polar surface area (TPSA) is 90.0 Å². The monoisotopic (exact) mass is 594 g/mol. The zero-order chi connectivity index (χ0) is 29.0. The van der Waals surface area contributed by atoms with Gasteiger partial charge in [-0.3, -0.25) is 14.5 Å². The minimum Gasteiger partial charge on any atom is -0.339 e.